The van der Waals surface area contributed by atoms with E-state index < -0.39 is 0 Å². The third kappa shape index (κ3) is 4.23. The van der Waals surface area contributed by atoms with Crippen molar-refractivity contribution in [1.82, 2.24) is 10.2 Å². The van der Waals surface area contributed by atoms with Crippen LogP contribution in [0.5, 0.6) is 0 Å². The normalized spacial score (nSPS) is 10.8. The van der Waals surface area contributed by atoms with E-state index in [9.17, 15) is 4.79 Å². The zero-order valence-electron chi connectivity index (χ0n) is 11.0. The summed E-state index contributed by atoms with van der Waals surface area (Å²) >= 11 is 0. The second kappa shape index (κ2) is 7.12. The maximum atomic E-state index is 11.6. The van der Waals surface area contributed by atoms with E-state index in [0.717, 1.165) is 31.8 Å². The number of nitrogens with zero attached hydrogens (tertiary/aromatic N) is 1. The SMILES string of the molecule is CCCNC(=O)c1ccc(CN(CC)CC)o1. The van der Waals surface area contributed by atoms with E-state index in [0.29, 0.717) is 12.3 Å². The number of hydrogen-bond donors (Lipinski definition) is 1. The molecule has 1 amide bonds. The van der Waals surface area contributed by atoms with Crippen LogP contribution in [0.15, 0.2) is 16.5 Å². The number of rotatable bonds is 7. The number of carbonyl (C=O) groups is 1. The quantitative estimate of drug-likeness (QED) is 0.792. The van der Waals surface area contributed by atoms with E-state index in [1.54, 1.807) is 6.07 Å². The van der Waals surface area contributed by atoms with Crippen molar-refractivity contribution in [3.63, 3.8) is 0 Å². The molecule has 0 saturated carbocycles. The van der Waals surface area contributed by atoms with Crippen molar-refractivity contribution in [3.8, 4) is 0 Å². The van der Waals surface area contributed by atoms with Gasteiger partial charge >= 0.3 is 0 Å². The Morgan fingerprint density at radius 1 is 1.29 bits per heavy atom. The largest absolute Gasteiger partial charge is 0.455 e. The topological polar surface area (TPSA) is 45.5 Å². The van der Waals surface area contributed by atoms with Gasteiger partial charge in [-0.2, -0.15) is 0 Å². The van der Waals surface area contributed by atoms with Crippen LogP contribution in [0.3, 0.4) is 0 Å². The lowest BCUT2D eigenvalue weighted by molar-refractivity contribution is 0.0922. The maximum Gasteiger partial charge on any atom is 0.286 e. The zero-order valence-corrected chi connectivity index (χ0v) is 11.0. The van der Waals surface area contributed by atoms with Gasteiger partial charge in [-0.05, 0) is 31.6 Å². The van der Waals surface area contributed by atoms with Crippen molar-refractivity contribution < 1.29 is 9.21 Å². The van der Waals surface area contributed by atoms with Crippen LogP contribution in [0.1, 0.15) is 43.5 Å². The minimum absolute atomic E-state index is 0.127. The summed E-state index contributed by atoms with van der Waals surface area (Å²) in [5.74, 6) is 1.12. The van der Waals surface area contributed by atoms with E-state index in [-0.39, 0.29) is 5.91 Å². The molecule has 0 aliphatic carbocycles. The molecule has 0 atom stereocenters. The Balaban J connectivity index is 2.55. The minimum Gasteiger partial charge on any atom is -0.455 e. The predicted octanol–water partition coefficient (Wildman–Crippen LogP) is 2.26. The number of carbonyl (C=O) groups excluding carboxylic acids is 1. The fourth-order valence-corrected chi connectivity index (χ4v) is 1.58. The maximum absolute atomic E-state index is 11.6. The lowest BCUT2D eigenvalue weighted by atomic mass is 10.3. The second-order valence-electron chi connectivity index (χ2n) is 3.98. The van der Waals surface area contributed by atoms with Crippen LogP contribution in [0.4, 0.5) is 0 Å². The molecule has 17 heavy (non-hydrogen) atoms. The molecule has 1 heterocycles. The Morgan fingerprint density at radius 2 is 2.00 bits per heavy atom. The number of amides is 1. The van der Waals surface area contributed by atoms with Crippen molar-refractivity contribution in [2.75, 3.05) is 19.6 Å². The Bertz CT molecular complexity index is 343. The molecule has 1 aromatic rings. The molecule has 1 N–H and O–H groups in total. The van der Waals surface area contributed by atoms with Crippen LogP contribution in [0.25, 0.3) is 0 Å². The van der Waals surface area contributed by atoms with Crippen LogP contribution in [0.2, 0.25) is 0 Å². The van der Waals surface area contributed by atoms with Crippen LogP contribution >= 0.6 is 0 Å². The van der Waals surface area contributed by atoms with E-state index in [4.69, 9.17) is 4.42 Å². The van der Waals surface area contributed by atoms with Crippen molar-refractivity contribution in [2.45, 2.75) is 33.7 Å². The van der Waals surface area contributed by atoms with Gasteiger partial charge in [-0.15, -0.1) is 0 Å². The van der Waals surface area contributed by atoms with Gasteiger partial charge in [-0.3, -0.25) is 9.69 Å². The van der Waals surface area contributed by atoms with E-state index in [1.807, 2.05) is 13.0 Å². The van der Waals surface area contributed by atoms with Gasteiger partial charge in [-0.1, -0.05) is 20.8 Å². The highest BCUT2D eigenvalue weighted by Crippen LogP contribution is 2.10. The average Bonchev–Trinajstić information content (AvgIpc) is 2.81. The Kier molecular flexibility index (Phi) is 5.77. The first-order valence-corrected chi connectivity index (χ1v) is 6.30. The number of nitrogens with one attached hydrogen (secondary N) is 1. The van der Waals surface area contributed by atoms with Gasteiger partial charge in [0, 0.05) is 6.54 Å². The van der Waals surface area contributed by atoms with Crippen LogP contribution in [-0.4, -0.2) is 30.4 Å². The fraction of sp³-hybridized carbons (Fsp3) is 0.615. The van der Waals surface area contributed by atoms with Crippen LogP contribution in [0, 0.1) is 0 Å². The smallest absolute Gasteiger partial charge is 0.286 e. The summed E-state index contributed by atoms with van der Waals surface area (Å²) in [6.07, 6.45) is 0.929. The number of furan rings is 1. The van der Waals surface area contributed by atoms with Gasteiger partial charge < -0.3 is 9.73 Å². The molecule has 96 valence electrons. The molecule has 4 heteroatoms. The molecule has 0 aliphatic heterocycles. The minimum atomic E-state index is -0.127. The molecule has 0 spiro atoms. The van der Waals surface area contributed by atoms with E-state index >= 15 is 0 Å². The molecular formula is C13H22N2O2. The van der Waals surface area contributed by atoms with Crippen molar-refractivity contribution in [3.05, 3.63) is 23.7 Å². The highest BCUT2D eigenvalue weighted by molar-refractivity contribution is 5.91. The van der Waals surface area contributed by atoms with Crippen molar-refractivity contribution in [2.24, 2.45) is 0 Å². The van der Waals surface area contributed by atoms with Gasteiger partial charge in [0.05, 0.1) is 6.54 Å². The molecule has 0 saturated heterocycles. The summed E-state index contributed by atoms with van der Waals surface area (Å²) in [6, 6.07) is 3.61. The summed E-state index contributed by atoms with van der Waals surface area (Å²) < 4.78 is 5.52. The summed E-state index contributed by atoms with van der Waals surface area (Å²) in [5.41, 5.74) is 0. The fourth-order valence-electron chi connectivity index (χ4n) is 1.58. The van der Waals surface area contributed by atoms with Crippen molar-refractivity contribution >= 4 is 5.91 Å². The first-order chi connectivity index (χ1) is 8.21. The molecule has 0 aromatic carbocycles. The lowest BCUT2D eigenvalue weighted by Crippen LogP contribution is -2.23. The van der Waals surface area contributed by atoms with Gasteiger partial charge in [0.1, 0.15) is 5.76 Å². The number of hydrogen-bond acceptors (Lipinski definition) is 3. The highest BCUT2D eigenvalue weighted by Gasteiger charge is 2.11. The average molecular weight is 238 g/mol. The van der Waals surface area contributed by atoms with E-state index in [1.165, 1.54) is 0 Å². The molecule has 0 aliphatic rings. The molecule has 1 rings (SSSR count). The molecule has 0 unspecified atom stereocenters. The molecule has 4 nitrogen and oxygen atoms in total. The van der Waals surface area contributed by atoms with Crippen molar-refractivity contribution in [1.29, 1.82) is 0 Å². The third-order valence-corrected chi connectivity index (χ3v) is 2.69. The Hall–Kier alpha value is -1.29. The van der Waals surface area contributed by atoms with Gasteiger partial charge in [0.15, 0.2) is 5.76 Å². The van der Waals surface area contributed by atoms with Gasteiger partial charge in [-0.25, -0.2) is 0 Å². The standard InChI is InChI=1S/C13H22N2O2/c1-4-9-14-13(16)12-8-7-11(17-12)10-15(5-2)6-3/h7-8H,4-6,9-10H2,1-3H3,(H,14,16). The monoisotopic (exact) mass is 238 g/mol. The van der Waals surface area contributed by atoms with Gasteiger partial charge in [0.2, 0.25) is 0 Å². The summed E-state index contributed by atoms with van der Waals surface area (Å²) in [5, 5.41) is 2.80. The van der Waals surface area contributed by atoms with Gasteiger partial charge in [0.25, 0.3) is 5.91 Å². The van der Waals surface area contributed by atoms with Crippen LogP contribution < -0.4 is 5.32 Å². The highest BCUT2D eigenvalue weighted by atomic mass is 16.4. The Labute approximate surface area is 103 Å². The molecule has 0 fully saturated rings. The molecule has 1 aromatic heterocycles. The Morgan fingerprint density at radius 3 is 2.59 bits per heavy atom. The predicted molar refractivity (Wildman–Crippen MR) is 68.0 cm³/mol. The van der Waals surface area contributed by atoms with Crippen LogP contribution in [-0.2, 0) is 6.54 Å². The first-order valence-electron chi connectivity index (χ1n) is 6.30. The summed E-state index contributed by atoms with van der Waals surface area (Å²) in [7, 11) is 0. The lowest BCUT2D eigenvalue weighted by Gasteiger charge is -2.15. The summed E-state index contributed by atoms with van der Waals surface area (Å²) in [4.78, 5) is 13.9. The first kappa shape index (κ1) is 13.8. The molecular weight excluding hydrogens is 216 g/mol. The third-order valence-electron chi connectivity index (χ3n) is 2.69. The molecule has 0 bridgehead atoms. The zero-order chi connectivity index (χ0) is 12.7. The molecule has 0 radical (unpaired) electrons. The van der Waals surface area contributed by atoms with E-state index in [2.05, 4.69) is 24.1 Å². The second-order valence-corrected chi connectivity index (χ2v) is 3.98. The summed E-state index contributed by atoms with van der Waals surface area (Å²) in [6.45, 7) is 9.65.